The Bertz CT molecular complexity index is 252. The molecule has 0 aliphatic rings. The van der Waals surface area contributed by atoms with Crippen LogP contribution in [-0.4, -0.2) is 9.55 Å². The third kappa shape index (κ3) is 2.19. The van der Waals surface area contributed by atoms with Crippen LogP contribution < -0.4 is 0 Å². The lowest BCUT2D eigenvalue weighted by Crippen LogP contribution is -2.01. The molecule has 1 aromatic rings. The summed E-state index contributed by atoms with van der Waals surface area (Å²) in [7, 11) is 0. The normalized spacial score (nSPS) is 10.0. The molecule has 1 aromatic heterocycles. The highest BCUT2D eigenvalue weighted by molar-refractivity contribution is 9.11. The van der Waals surface area contributed by atoms with Gasteiger partial charge < -0.3 is 4.57 Å². The molecule has 0 aliphatic carbocycles. The van der Waals surface area contributed by atoms with Crippen molar-refractivity contribution in [3.8, 4) is 0 Å². The standard InChI is InChI=1S/C8H11BrN2/c1-3-8-10-4-5-11(8)6-7(2)9/h4-5H,2-3,6H2,1H3. The van der Waals surface area contributed by atoms with Gasteiger partial charge in [0, 0.05) is 23.3 Å². The zero-order chi connectivity index (χ0) is 8.27. The Labute approximate surface area is 75.1 Å². The van der Waals surface area contributed by atoms with Crippen LogP contribution in [0.3, 0.4) is 0 Å². The summed E-state index contributed by atoms with van der Waals surface area (Å²) in [6.07, 6.45) is 4.74. The maximum absolute atomic E-state index is 4.19. The van der Waals surface area contributed by atoms with Gasteiger partial charge in [-0.3, -0.25) is 0 Å². The Morgan fingerprint density at radius 2 is 2.55 bits per heavy atom. The Balaban J connectivity index is 2.76. The predicted molar refractivity (Wildman–Crippen MR) is 49.7 cm³/mol. The summed E-state index contributed by atoms with van der Waals surface area (Å²) in [5.41, 5.74) is 0. The third-order valence-electron chi connectivity index (χ3n) is 1.46. The number of imidazole rings is 1. The minimum Gasteiger partial charge on any atom is -0.330 e. The molecule has 1 rings (SSSR count). The van der Waals surface area contributed by atoms with Gasteiger partial charge in [-0.25, -0.2) is 4.98 Å². The van der Waals surface area contributed by atoms with Crippen molar-refractivity contribution in [3.05, 3.63) is 29.3 Å². The molecular formula is C8H11BrN2. The molecule has 0 spiro atoms. The highest BCUT2D eigenvalue weighted by Crippen LogP contribution is 2.07. The van der Waals surface area contributed by atoms with Crippen molar-refractivity contribution in [3.63, 3.8) is 0 Å². The number of aryl methyl sites for hydroxylation is 1. The van der Waals surface area contributed by atoms with Crippen molar-refractivity contribution in [2.75, 3.05) is 0 Å². The molecule has 11 heavy (non-hydrogen) atoms. The number of halogens is 1. The fourth-order valence-electron chi connectivity index (χ4n) is 0.983. The Hall–Kier alpha value is -0.570. The first-order chi connectivity index (χ1) is 5.24. The largest absolute Gasteiger partial charge is 0.330 e. The quantitative estimate of drug-likeness (QED) is 0.756. The molecule has 0 aromatic carbocycles. The first-order valence-corrected chi connectivity index (χ1v) is 4.36. The zero-order valence-corrected chi connectivity index (χ0v) is 8.13. The summed E-state index contributed by atoms with van der Waals surface area (Å²) in [6.45, 7) is 6.68. The predicted octanol–water partition coefficient (Wildman–Crippen LogP) is 2.35. The van der Waals surface area contributed by atoms with Gasteiger partial charge in [0.1, 0.15) is 5.82 Å². The molecule has 0 unspecified atom stereocenters. The number of nitrogens with zero attached hydrogens (tertiary/aromatic N) is 2. The molecule has 0 N–H and O–H groups in total. The lowest BCUT2D eigenvalue weighted by molar-refractivity contribution is 0.744. The van der Waals surface area contributed by atoms with E-state index in [1.807, 2.05) is 12.4 Å². The van der Waals surface area contributed by atoms with E-state index < -0.39 is 0 Å². The molecule has 0 atom stereocenters. The second-order valence-corrected chi connectivity index (χ2v) is 3.46. The van der Waals surface area contributed by atoms with Crippen LogP contribution in [0, 0.1) is 0 Å². The van der Waals surface area contributed by atoms with E-state index in [2.05, 4.69) is 39.0 Å². The van der Waals surface area contributed by atoms with Crippen molar-refractivity contribution < 1.29 is 0 Å². The molecule has 60 valence electrons. The van der Waals surface area contributed by atoms with Crippen LogP contribution in [0.25, 0.3) is 0 Å². The van der Waals surface area contributed by atoms with Gasteiger partial charge in [0.05, 0.1) is 6.54 Å². The van der Waals surface area contributed by atoms with Crippen LogP contribution in [-0.2, 0) is 13.0 Å². The van der Waals surface area contributed by atoms with Crippen LogP contribution in [0.4, 0.5) is 0 Å². The Morgan fingerprint density at radius 3 is 3.09 bits per heavy atom. The van der Waals surface area contributed by atoms with Crippen molar-refractivity contribution in [1.82, 2.24) is 9.55 Å². The molecule has 0 fully saturated rings. The molecule has 2 nitrogen and oxygen atoms in total. The first kappa shape index (κ1) is 8.53. The average molecular weight is 215 g/mol. The number of hydrogen-bond donors (Lipinski definition) is 0. The highest BCUT2D eigenvalue weighted by Gasteiger charge is 1.98. The summed E-state index contributed by atoms with van der Waals surface area (Å²) >= 11 is 3.32. The average Bonchev–Trinajstić information content (AvgIpc) is 2.34. The maximum atomic E-state index is 4.19. The Kier molecular flexibility index (Phi) is 2.88. The zero-order valence-electron chi connectivity index (χ0n) is 6.55. The van der Waals surface area contributed by atoms with Crippen molar-refractivity contribution in [1.29, 1.82) is 0 Å². The summed E-state index contributed by atoms with van der Waals surface area (Å²) < 4.78 is 3.06. The van der Waals surface area contributed by atoms with Crippen LogP contribution >= 0.6 is 15.9 Å². The van der Waals surface area contributed by atoms with Crippen LogP contribution in [0.2, 0.25) is 0 Å². The van der Waals surface area contributed by atoms with Gasteiger partial charge in [-0.05, 0) is 0 Å². The number of rotatable bonds is 3. The summed E-state index contributed by atoms with van der Waals surface area (Å²) in [5, 5.41) is 0. The summed E-state index contributed by atoms with van der Waals surface area (Å²) in [4.78, 5) is 4.19. The second-order valence-electron chi connectivity index (χ2n) is 2.34. The fourth-order valence-corrected chi connectivity index (χ4v) is 1.25. The van der Waals surface area contributed by atoms with E-state index >= 15 is 0 Å². The van der Waals surface area contributed by atoms with Gasteiger partial charge in [-0.2, -0.15) is 0 Å². The van der Waals surface area contributed by atoms with E-state index in [-0.39, 0.29) is 0 Å². The highest BCUT2D eigenvalue weighted by atomic mass is 79.9. The fraction of sp³-hybridized carbons (Fsp3) is 0.375. The molecule has 3 heteroatoms. The van der Waals surface area contributed by atoms with Crippen molar-refractivity contribution in [2.24, 2.45) is 0 Å². The molecular weight excluding hydrogens is 204 g/mol. The van der Waals surface area contributed by atoms with E-state index in [9.17, 15) is 0 Å². The van der Waals surface area contributed by atoms with Gasteiger partial charge in [0.15, 0.2) is 0 Å². The molecule has 0 aliphatic heterocycles. The van der Waals surface area contributed by atoms with Crippen LogP contribution in [0.1, 0.15) is 12.7 Å². The minimum atomic E-state index is 0.809. The van der Waals surface area contributed by atoms with E-state index in [0.29, 0.717) is 0 Å². The van der Waals surface area contributed by atoms with E-state index in [1.165, 1.54) is 0 Å². The summed E-state index contributed by atoms with van der Waals surface area (Å²) in [5.74, 6) is 1.10. The minimum absolute atomic E-state index is 0.809. The van der Waals surface area contributed by atoms with Gasteiger partial charge in [-0.15, -0.1) is 0 Å². The lowest BCUT2D eigenvalue weighted by atomic mass is 10.4. The number of hydrogen-bond acceptors (Lipinski definition) is 1. The Morgan fingerprint density at radius 1 is 1.82 bits per heavy atom. The number of allylic oxidation sites excluding steroid dienone is 1. The van der Waals surface area contributed by atoms with Gasteiger partial charge >= 0.3 is 0 Å². The van der Waals surface area contributed by atoms with Gasteiger partial charge in [0.25, 0.3) is 0 Å². The second kappa shape index (κ2) is 3.72. The SMILES string of the molecule is C=C(Br)Cn1ccnc1CC. The van der Waals surface area contributed by atoms with Crippen LogP contribution in [0.5, 0.6) is 0 Å². The molecule has 1 heterocycles. The van der Waals surface area contributed by atoms with Crippen molar-refractivity contribution in [2.45, 2.75) is 19.9 Å². The molecule has 0 radical (unpaired) electrons. The van der Waals surface area contributed by atoms with E-state index in [0.717, 1.165) is 23.3 Å². The topological polar surface area (TPSA) is 17.8 Å². The van der Waals surface area contributed by atoms with Gasteiger partial charge in [0.2, 0.25) is 0 Å². The molecule has 0 saturated carbocycles. The lowest BCUT2D eigenvalue weighted by Gasteiger charge is -2.03. The van der Waals surface area contributed by atoms with E-state index in [1.54, 1.807) is 0 Å². The van der Waals surface area contributed by atoms with Gasteiger partial charge in [-0.1, -0.05) is 29.4 Å². The third-order valence-corrected chi connectivity index (χ3v) is 1.71. The molecule has 0 amide bonds. The number of aromatic nitrogens is 2. The smallest absolute Gasteiger partial charge is 0.108 e. The first-order valence-electron chi connectivity index (χ1n) is 3.57. The summed E-state index contributed by atoms with van der Waals surface area (Å²) in [6, 6.07) is 0. The maximum Gasteiger partial charge on any atom is 0.108 e. The van der Waals surface area contributed by atoms with E-state index in [4.69, 9.17) is 0 Å². The van der Waals surface area contributed by atoms with Crippen molar-refractivity contribution >= 4 is 15.9 Å². The molecule has 0 saturated heterocycles. The van der Waals surface area contributed by atoms with Crippen LogP contribution in [0.15, 0.2) is 23.5 Å². The molecule has 0 bridgehead atoms. The monoisotopic (exact) mass is 214 g/mol.